The van der Waals surface area contributed by atoms with E-state index in [1.165, 1.54) is 33.6 Å². The molecule has 1 aromatic heterocycles. The minimum atomic E-state index is 0.712. The Balaban J connectivity index is 2.83. The van der Waals surface area contributed by atoms with Crippen molar-refractivity contribution in [3.05, 3.63) is 38.2 Å². The molecule has 0 amide bonds. The van der Waals surface area contributed by atoms with Crippen LogP contribution in [0.5, 0.6) is 0 Å². The first-order valence-corrected chi connectivity index (χ1v) is 6.72. The average molecular weight is 256 g/mol. The summed E-state index contributed by atoms with van der Waals surface area (Å²) in [6, 6.07) is 4.46. The average Bonchev–Trinajstić information content (AvgIpc) is 2.68. The van der Waals surface area contributed by atoms with Crippen LogP contribution in [-0.4, -0.2) is 4.98 Å². The molecule has 2 aromatic rings. The standard InChI is InChI=1S/C15H16N2S/c1-8-6-9(2)11(4)14(10(8)3)15-13(7-16)18-12(5)17-15/h6H,1-5H3. The zero-order valence-electron chi connectivity index (χ0n) is 11.4. The highest BCUT2D eigenvalue weighted by atomic mass is 32.1. The van der Waals surface area contributed by atoms with Gasteiger partial charge in [0.25, 0.3) is 0 Å². The second-order valence-corrected chi connectivity index (χ2v) is 5.86. The first-order valence-electron chi connectivity index (χ1n) is 5.91. The summed E-state index contributed by atoms with van der Waals surface area (Å²) in [6.45, 7) is 10.4. The Bertz CT molecular complexity index is 634. The number of aromatic nitrogens is 1. The van der Waals surface area contributed by atoms with Gasteiger partial charge in [-0.15, -0.1) is 11.3 Å². The van der Waals surface area contributed by atoms with Crippen LogP contribution in [0.15, 0.2) is 6.07 Å². The van der Waals surface area contributed by atoms with Gasteiger partial charge in [0.05, 0.1) is 10.7 Å². The van der Waals surface area contributed by atoms with Crippen molar-refractivity contribution < 1.29 is 0 Å². The summed E-state index contributed by atoms with van der Waals surface area (Å²) in [5, 5.41) is 10.2. The molecule has 0 spiro atoms. The topological polar surface area (TPSA) is 36.7 Å². The van der Waals surface area contributed by atoms with Crippen molar-refractivity contribution in [2.75, 3.05) is 0 Å². The SMILES string of the molecule is Cc1nc(-c2c(C)c(C)cc(C)c2C)c(C#N)s1. The normalized spacial score (nSPS) is 10.4. The fourth-order valence-electron chi connectivity index (χ4n) is 2.24. The predicted octanol–water partition coefficient (Wildman–Crippen LogP) is 4.22. The number of nitriles is 1. The van der Waals surface area contributed by atoms with Crippen molar-refractivity contribution in [2.45, 2.75) is 34.6 Å². The van der Waals surface area contributed by atoms with E-state index in [0.29, 0.717) is 4.88 Å². The van der Waals surface area contributed by atoms with Crippen molar-refractivity contribution in [3.63, 3.8) is 0 Å². The Kier molecular flexibility index (Phi) is 3.23. The van der Waals surface area contributed by atoms with Gasteiger partial charge in [-0.25, -0.2) is 4.98 Å². The quantitative estimate of drug-likeness (QED) is 0.765. The van der Waals surface area contributed by atoms with E-state index < -0.39 is 0 Å². The van der Waals surface area contributed by atoms with Gasteiger partial charge in [0.2, 0.25) is 0 Å². The molecule has 0 aliphatic rings. The number of benzene rings is 1. The molecule has 1 heterocycles. The number of nitrogens with zero attached hydrogens (tertiary/aromatic N) is 2. The molecule has 2 nitrogen and oxygen atoms in total. The van der Waals surface area contributed by atoms with Crippen LogP contribution in [0.3, 0.4) is 0 Å². The second-order valence-electron chi connectivity index (χ2n) is 4.66. The predicted molar refractivity (Wildman–Crippen MR) is 76.0 cm³/mol. The lowest BCUT2D eigenvalue weighted by Crippen LogP contribution is -1.96. The summed E-state index contributed by atoms with van der Waals surface area (Å²) >= 11 is 1.47. The zero-order chi connectivity index (χ0) is 13.4. The summed E-state index contributed by atoms with van der Waals surface area (Å²) in [5.41, 5.74) is 6.93. The fraction of sp³-hybridized carbons (Fsp3) is 0.333. The zero-order valence-corrected chi connectivity index (χ0v) is 12.2. The third kappa shape index (κ3) is 1.93. The van der Waals surface area contributed by atoms with Crippen LogP contribution in [0.2, 0.25) is 0 Å². The molecule has 92 valence electrons. The highest BCUT2D eigenvalue weighted by Gasteiger charge is 2.17. The number of thiazole rings is 1. The molecule has 0 radical (unpaired) electrons. The molecule has 0 saturated heterocycles. The maximum absolute atomic E-state index is 9.23. The molecule has 0 bridgehead atoms. The molecule has 0 saturated carbocycles. The molecular weight excluding hydrogens is 240 g/mol. The van der Waals surface area contributed by atoms with E-state index in [9.17, 15) is 5.26 Å². The Morgan fingerprint density at radius 3 is 2.11 bits per heavy atom. The first kappa shape index (κ1) is 12.8. The van der Waals surface area contributed by atoms with Gasteiger partial charge >= 0.3 is 0 Å². The van der Waals surface area contributed by atoms with Crippen LogP contribution >= 0.6 is 11.3 Å². The summed E-state index contributed by atoms with van der Waals surface area (Å²) in [5.74, 6) is 0. The lowest BCUT2D eigenvalue weighted by atomic mass is 9.92. The van der Waals surface area contributed by atoms with Gasteiger partial charge in [-0.2, -0.15) is 5.26 Å². The molecule has 1 aromatic carbocycles. The molecular formula is C15H16N2S. The Labute approximate surface area is 112 Å². The lowest BCUT2D eigenvalue weighted by molar-refractivity contribution is 1.21. The van der Waals surface area contributed by atoms with Crippen LogP contribution in [0.25, 0.3) is 11.3 Å². The molecule has 2 rings (SSSR count). The molecule has 0 atom stereocenters. The molecule has 0 aliphatic carbocycles. The van der Waals surface area contributed by atoms with E-state index in [1.807, 2.05) is 6.92 Å². The van der Waals surface area contributed by atoms with Crippen LogP contribution in [0, 0.1) is 45.9 Å². The van der Waals surface area contributed by atoms with Gasteiger partial charge < -0.3 is 0 Å². The molecule has 0 fully saturated rings. The summed E-state index contributed by atoms with van der Waals surface area (Å²) in [4.78, 5) is 5.26. The smallest absolute Gasteiger partial charge is 0.132 e. The molecule has 18 heavy (non-hydrogen) atoms. The second kappa shape index (κ2) is 4.55. The van der Waals surface area contributed by atoms with Crippen LogP contribution in [0.1, 0.15) is 32.1 Å². The first-order chi connectivity index (χ1) is 8.45. The van der Waals surface area contributed by atoms with Gasteiger partial charge in [0.15, 0.2) is 0 Å². The summed E-state index contributed by atoms with van der Waals surface area (Å²) < 4.78 is 0. The van der Waals surface area contributed by atoms with E-state index in [4.69, 9.17) is 0 Å². The van der Waals surface area contributed by atoms with Gasteiger partial charge in [-0.05, 0) is 56.9 Å². The highest BCUT2D eigenvalue weighted by molar-refractivity contribution is 7.12. The van der Waals surface area contributed by atoms with Crippen molar-refractivity contribution in [1.29, 1.82) is 5.26 Å². The van der Waals surface area contributed by atoms with E-state index in [1.54, 1.807) is 0 Å². The van der Waals surface area contributed by atoms with E-state index in [0.717, 1.165) is 16.3 Å². The van der Waals surface area contributed by atoms with Crippen LogP contribution in [0.4, 0.5) is 0 Å². The molecule has 3 heteroatoms. The molecule has 0 unspecified atom stereocenters. The minimum absolute atomic E-state index is 0.712. The Morgan fingerprint density at radius 2 is 1.61 bits per heavy atom. The third-order valence-corrected chi connectivity index (χ3v) is 4.31. The Hall–Kier alpha value is -1.66. The minimum Gasteiger partial charge on any atom is -0.240 e. The van der Waals surface area contributed by atoms with Gasteiger partial charge in [-0.1, -0.05) is 6.07 Å². The number of hydrogen-bond donors (Lipinski definition) is 0. The van der Waals surface area contributed by atoms with Crippen LogP contribution in [-0.2, 0) is 0 Å². The fourth-order valence-corrected chi connectivity index (χ4v) is 2.97. The monoisotopic (exact) mass is 256 g/mol. The summed E-state index contributed by atoms with van der Waals surface area (Å²) in [7, 11) is 0. The van der Waals surface area contributed by atoms with E-state index in [2.05, 4.69) is 44.8 Å². The molecule has 0 aliphatic heterocycles. The van der Waals surface area contributed by atoms with Crippen molar-refractivity contribution in [1.82, 2.24) is 4.98 Å². The van der Waals surface area contributed by atoms with E-state index in [-0.39, 0.29) is 0 Å². The van der Waals surface area contributed by atoms with Crippen molar-refractivity contribution in [3.8, 4) is 17.3 Å². The largest absolute Gasteiger partial charge is 0.240 e. The number of aryl methyl sites for hydroxylation is 3. The highest BCUT2D eigenvalue weighted by Crippen LogP contribution is 2.35. The maximum atomic E-state index is 9.23. The van der Waals surface area contributed by atoms with Crippen molar-refractivity contribution in [2.24, 2.45) is 0 Å². The number of rotatable bonds is 1. The van der Waals surface area contributed by atoms with Crippen LogP contribution < -0.4 is 0 Å². The number of hydrogen-bond acceptors (Lipinski definition) is 3. The maximum Gasteiger partial charge on any atom is 0.132 e. The molecule has 0 N–H and O–H groups in total. The lowest BCUT2D eigenvalue weighted by Gasteiger charge is -2.13. The van der Waals surface area contributed by atoms with Gasteiger partial charge in [-0.3, -0.25) is 0 Å². The van der Waals surface area contributed by atoms with Gasteiger partial charge in [0, 0.05) is 5.56 Å². The van der Waals surface area contributed by atoms with Crippen molar-refractivity contribution >= 4 is 11.3 Å². The van der Waals surface area contributed by atoms with Gasteiger partial charge in [0.1, 0.15) is 10.9 Å². The third-order valence-electron chi connectivity index (χ3n) is 3.44. The van der Waals surface area contributed by atoms with E-state index >= 15 is 0 Å². The Morgan fingerprint density at radius 1 is 1.06 bits per heavy atom. The summed E-state index contributed by atoms with van der Waals surface area (Å²) in [6.07, 6.45) is 0.